The highest BCUT2D eigenvalue weighted by Crippen LogP contribution is 2.50. The number of H-pyrrole nitrogens is 2. The number of fused-ring (bicyclic) bond motifs is 3. The second-order valence-corrected chi connectivity index (χ2v) is 15.8. The van der Waals surface area contributed by atoms with Gasteiger partial charge >= 0.3 is 0 Å². The molecule has 0 fully saturated rings. The summed E-state index contributed by atoms with van der Waals surface area (Å²) >= 11 is 0. The second-order valence-electron chi connectivity index (χ2n) is 15.8. The van der Waals surface area contributed by atoms with E-state index in [1.165, 1.54) is 67.3 Å². The molecule has 2 heterocycles. The third-order valence-electron chi connectivity index (χ3n) is 8.30. The first-order valence-corrected chi connectivity index (χ1v) is 14.6. The maximum Gasteiger partial charge on any atom is 0.0283 e. The standard InChI is InChI=1S/C37H48N2/c1-34(2,3)29-20-27(32(38-29)36(7,8)9)25-18-17-24-23-16-14-13-15-22(23)19-26(24)31(25)28-21-30(35(4,5)6)39-33(28)37(10,11)12/h13-18,20-21,38-39H,19H2,1-12H3. The molecule has 2 heteroatoms. The van der Waals surface area contributed by atoms with Crippen LogP contribution in [0.25, 0.3) is 33.4 Å². The van der Waals surface area contributed by atoms with Crippen molar-refractivity contribution in [2.24, 2.45) is 0 Å². The molecule has 0 radical (unpaired) electrons. The lowest BCUT2D eigenvalue weighted by Crippen LogP contribution is -2.16. The van der Waals surface area contributed by atoms with Crippen LogP contribution in [0.3, 0.4) is 0 Å². The largest absolute Gasteiger partial charge is 0.361 e. The molecule has 1 aliphatic rings. The smallest absolute Gasteiger partial charge is 0.0283 e. The molecule has 2 N–H and O–H groups in total. The Kier molecular flexibility index (Phi) is 6.18. The van der Waals surface area contributed by atoms with Gasteiger partial charge in [0.15, 0.2) is 0 Å². The quantitative estimate of drug-likeness (QED) is 0.232. The van der Waals surface area contributed by atoms with Crippen LogP contribution >= 0.6 is 0 Å². The Labute approximate surface area is 236 Å². The molecule has 0 saturated heterocycles. The molecule has 0 atom stereocenters. The molecule has 206 valence electrons. The Bertz CT molecular complexity index is 1540. The third-order valence-corrected chi connectivity index (χ3v) is 8.30. The van der Waals surface area contributed by atoms with Crippen LogP contribution in [0.2, 0.25) is 0 Å². The Morgan fingerprint density at radius 2 is 0.974 bits per heavy atom. The minimum atomic E-state index is -0.0220. The summed E-state index contributed by atoms with van der Waals surface area (Å²) in [5, 5.41) is 0. The van der Waals surface area contributed by atoms with Crippen molar-refractivity contribution in [3.05, 3.63) is 82.4 Å². The summed E-state index contributed by atoms with van der Waals surface area (Å²) in [5.41, 5.74) is 16.3. The van der Waals surface area contributed by atoms with Gasteiger partial charge in [-0.25, -0.2) is 0 Å². The Morgan fingerprint density at radius 1 is 0.487 bits per heavy atom. The van der Waals surface area contributed by atoms with E-state index in [9.17, 15) is 0 Å². The summed E-state index contributed by atoms with van der Waals surface area (Å²) in [4.78, 5) is 7.81. The van der Waals surface area contributed by atoms with Gasteiger partial charge in [0.2, 0.25) is 0 Å². The van der Waals surface area contributed by atoms with Crippen molar-refractivity contribution in [2.75, 3.05) is 0 Å². The molecule has 0 amide bonds. The van der Waals surface area contributed by atoms with Crippen molar-refractivity contribution in [2.45, 2.75) is 111 Å². The van der Waals surface area contributed by atoms with Crippen LogP contribution in [-0.4, -0.2) is 9.97 Å². The van der Waals surface area contributed by atoms with Gasteiger partial charge < -0.3 is 9.97 Å². The highest BCUT2D eigenvalue weighted by Gasteiger charge is 2.33. The first-order chi connectivity index (χ1) is 17.9. The summed E-state index contributed by atoms with van der Waals surface area (Å²) in [5.74, 6) is 0. The molecule has 4 aromatic rings. The number of benzene rings is 2. The lowest BCUT2D eigenvalue weighted by atomic mass is 9.80. The van der Waals surface area contributed by atoms with Crippen LogP contribution in [0.4, 0.5) is 0 Å². The topological polar surface area (TPSA) is 31.6 Å². The van der Waals surface area contributed by atoms with Crippen molar-refractivity contribution in [3.63, 3.8) is 0 Å². The van der Waals surface area contributed by atoms with E-state index in [2.05, 4.69) is 142 Å². The van der Waals surface area contributed by atoms with Crippen LogP contribution in [0, 0.1) is 0 Å². The molecule has 0 saturated carbocycles. The Morgan fingerprint density at radius 3 is 1.51 bits per heavy atom. The van der Waals surface area contributed by atoms with Crippen molar-refractivity contribution in [1.29, 1.82) is 0 Å². The van der Waals surface area contributed by atoms with E-state index in [0.29, 0.717) is 0 Å². The summed E-state index contributed by atoms with van der Waals surface area (Å²) in [6.45, 7) is 27.8. The van der Waals surface area contributed by atoms with Crippen molar-refractivity contribution in [1.82, 2.24) is 9.97 Å². The Hall–Kier alpha value is -3.00. The molecule has 1 aliphatic carbocycles. The van der Waals surface area contributed by atoms with E-state index >= 15 is 0 Å². The lowest BCUT2D eigenvalue weighted by molar-refractivity contribution is 0.543. The van der Waals surface area contributed by atoms with Gasteiger partial charge in [0.25, 0.3) is 0 Å². The van der Waals surface area contributed by atoms with Crippen LogP contribution in [0.5, 0.6) is 0 Å². The SMILES string of the molecule is CC(C)(C)c1cc(-c2ccc3c(c2-c2cc(C(C)(C)C)[nH]c2C(C)(C)C)Cc2ccccc2-3)c(C(C)(C)C)[nH]1. The van der Waals surface area contributed by atoms with Crippen LogP contribution < -0.4 is 0 Å². The van der Waals surface area contributed by atoms with Crippen molar-refractivity contribution in [3.8, 4) is 33.4 Å². The number of hydrogen-bond donors (Lipinski definition) is 2. The van der Waals surface area contributed by atoms with Gasteiger partial charge in [-0.05, 0) is 51.9 Å². The van der Waals surface area contributed by atoms with E-state index in [1.54, 1.807) is 0 Å². The van der Waals surface area contributed by atoms with E-state index < -0.39 is 0 Å². The Balaban J connectivity index is 1.91. The van der Waals surface area contributed by atoms with E-state index in [1.807, 2.05) is 0 Å². The summed E-state index contributed by atoms with van der Waals surface area (Å²) in [6, 6.07) is 18.6. The molecule has 2 aromatic heterocycles. The third kappa shape index (κ3) is 4.81. The molecule has 2 nitrogen and oxygen atoms in total. The van der Waals surface area contributed by atoms with Crippen molar-refractivity contribution >= 4 is 0 Å². The first kappa shape index (κ1) is 27.6. The zero-order valence-corrected chi connectivity index (χ0v) is 26.3. The number of aromatic amines is 2. The van der Waals surface area contributed by atoms with Crippen LogP contribution in [0.15, 0.2) is 48.5 Å². The summed E-state index contributed by atoms with van der Waals surface area (Å²) in [6.07, 6.45) is 0.968. The predicted octanol–water partition coefficient (Wildman–Crippen LogP) is 10.4. The fourth-order valence-corrected chi connectivity index (χ4v) is 6.05. The molecular weight excluding hydrogens is 472 g/mol. The van der Waals surface area contributed by atoms with Gasteiger partial charge in [-0.3, -0.25) is 0 Å². The monoisotopic (exact) mass is 520 g/mol. The first-order valence-electron chi connectivity index (χ1n) is 14.6. The fourth-order valence-electron chi connectivity index (χ4n) is 6.05. The average Bonchev–Trinajstić information content (AvgIpc) is 3.51. The van der Waals surface area contributed by atoms with Gasteiger partial charge in [-0.1, -0.05) is 119 Å². The fraction of sp³-hybridized carbons (Fsp3) is 0.459. The maximum atomic E-state index is 3.92. The highest BCUT2D eigenvalue weighted by atomic mass is 14.8. The second kappa shape index (κ2) is 8.75. The number of hydrogen-bond acceptors (Lipinski definition) is 0. The molecule has 5 rings (SSSR count). The van der Waals surface area contributed by atoms with E-state index in [0.717, 1.165) is 6.42 Å². The summed E-state index contributed by atoms with van der Waals surface area (Å²) in [7, 11) is 0. The molecule has 2 aromatic carbocycles. The lowest BCUT2D eigenvalue weighted by Gasteiger charge is -2.25. The number of rotatable bonds is 2. The molecular formula is C37H48N2. The van der Waals surface area contributed by atoms with Crippen molar-refractivity contribution < 1.29 is 0 Å². The normalized spacial score (nSPS) is 14.1. The van der Waals surface area contributed by atoms with Gasteiger partial charge in [0.05, 0.1) is 0 Å². The zero-order chi connectivity index (χ0) is 28.7. The highest BCUT2D eigenvalue weighted by molar-refractivity contribution is 5.95. The van der Waals surface area contributed by atoms with E-state index in [4.69, 9.17) is 0 Å². The zero-order valence-electron chi connectivity index (χ0n) is 26.3. The van der Waals surface area contributed by atoms with Crippen LogP contribution in [-0.2, 0) is 28.1 Å². The van der Waals surface area contributed by atoms with E-state index in [-0.39, 0.29) is 21.7 Å². The van der Waals surface area contributed by atoms with Gasteiger partial charge in [-0.15, -0.1) is 0 Å². The minimum Gasteiger partial charge on any atom is -0.361 e. The number of aromatic nitrogens is 2. The maximum absolute atomic E-state index is 3.92. The molecule has 0 bridgehead atoms. The molecule has 0 aliphatic heterocycles. The minimum absolute atomic E-state index is 0.0142. The van der Waals surface area contributed by atoms with Crippen LogP contribution in [0.1, 0.15) is 117 Å². The summed E-state index contributed by atoms with van der Waals surface area (Å²) < 4.78 is 0. The molecule has 0 unspecified atom stereocenters. The number of nitrogens with one attached hydrogen (secondary N) is 2. The molecule has 0 spiro atoms. The van der Waals surface area contributed by atoms with Gasteiger partial charge in [0, 0.05) is 55.6 Å². The average molecular weight is 521 g/mol. The van der Waals surface area contributed by atoms with Gasteiger partial charge in [-0.2, -0.15) is 0 Å². The van der Waals surface area contributed by atoms with Gasteiger partial charge in [0.1, 0.15) is 0 Å². The predicted molar refractivity (Wildman–Crippen MR) is 169 cm³/mol. The molecule has 39 heavy (non-hydrogen) atoms.